The molecule has 0 aliphatic carbocycles. The van der Waals surface area contributed by atoms with E-state index >= 15 is 0 Å². The number of hydrogen-bond acceptors (Lipinski definition) is 3. The van der Waals surface area contributed by atoms with Crippen molar-refractivity contribution in [3.05, 3.63) is 29.3 Å². The minimum absolute atomic E-state index is 0.157. The van der Waals surface area contributed by atoms with Crippen molar-refractivity contribution >= 4 is 12.6 Å². The van der Waals surface area contributed by atoms with Crippen LogP contribution in [0.15, 0.2) is 18.2 Å². The summed E-state index contributed by atoms with van der Waals surface area (Å²) in [4.78, 5) is 32.9. The van der Waals surface area contributed by atoms with Crippen molar-refractivity contribution in [2.24, 2.45) is 0 Å². The Bertz CT molecular complexity index is 561. The van der Waals surface area contributed by atoms with Crippen LogP contribution >= 0.6 is 7.28 Å². The number of rotatable bonds is 1. The fourth-order valence-electron chi connectivity index (χ4n) is 2.66. The summed E-state index contributed by atoms with van der Waals surface area (Å²) in [5.74, 6) is 0. The topological polar surface area (TPSA) is 60.7 Å². The molecule has 1 rings (SSSR count). The van der Waals surface area contributed by atoms with Crippen molar-refractivity contribution < 1.29 is 14.7 Å². The molecule has 0 radical (unpaired) electrons. The van der Waals surface area contributed by atoms with Crippen molar-refractivity contribution in [3.63, 3.8) is 0 Å². The number of hydrogen-bond donors (Lipinski definition) is 3. The third-order valence-corrected chi connectivity index (χ3v) is 8.01. The van der Waals surface area contributed by atoms with Gasteiger partial charge in [0.25, 0.3) is 0 Å². The first kappa shape index (κ1) is 19.6. The van der Waals surface area contributed by atoms with Gasteiger partial charge in [-0.15, -0.1) is 0 Å². The molecule has 0 aliphatic heterocycles. The fraction of sp³-hybridized carbons (Fsp3) is 0.667. The van der Waals surface area contributed by atoms with Gasteiger partial charge in [-0.25, -0.2) is 0 Å². The summed E-state index contributed by atoms with van der Waals surface area (Å²) >= 11 is 0. The molecule has 0 bridgehead atoms. The second-order valence-electron chi connectivity index (χ2n) is 9.35. The van der Waals surface area contributed by atoms with Crippen LogP contribution in [0.25, 0.3) is 0 Å². The molecule has 0 heterocycles. The van der Waals surface area contributed by atoms with Crippen LogP contribution in [-0.2, 0) is 10.8 Å². The van der Waals surface area contributed by atoms with Gasteiger partial charge in [-0.1, -0.05) is 0 Å². The molecule has 1 aromatic rings. The Kier molecular flexibility index (Phi) is 4.46. The van der Waals surface area contributed by atoms with Crippen molar-refractivity contribution in [2.45, 2.75) is 78.3 Å². The van der Waals surface area contributed by atoms with E-state index in [1.54, 1.807) is 32.9 Å². The first-order valence-corrected chi connectivity index (χ1v) is 9.89. The fourth-order valence-corrected chi connectivity index (χ4v) is 4.61. The molecule has 0 saturated heterocycles. The Morgan fingerprint density at radius 1 is 0.727 bits per heavy atom. The summed E-state index contributed by atoms with van der Waals surface area (Å²) in [5.41, 5.74) is 1.40. The number of benzene rings is 1. The predicted octanol–water partition coefficient (Wildman–Crippen LogP) is 3.98. The maximum atomic E-state index is 11.0. The van der Waals surface area contributed by atoms with Crippen LogP contribution in [0.2, 0.25) is 0 Å². The molecule has 1 aromatic carbocycles. The SMILES string of the molecule is CC(C)(C)c1cccc(P(O)(O)(O)C(C)(C)C)c1C(C)(C)C. The first-order valence-electron chi connectivity index (χ1n) is 7.79. The van der Waals surface area contributed by atoms with Crippen LogP contribution in [0, 0.1) is 0 Å². The normalized spacial score (nSPS) is 16.3. The predicted molar refractivity (Wildman–Crippen MR) is 96.8 cm³/mol. The second-order valence-corrected chi connectivity index (χ2v) is 13.1. The van der Waals surface area contributed by atoms with Gasteiger partial charge >= 0.3 is 135 Å². The molecule has 22 heavy (non-hydrogen) atoms. The van der Waals surface area contributed by atoms with Crippen LogP contribution in [0.4, 0.5) is 0 Å². The van der Waals surface area contributed by atoms with Gasteiger partial charge in [-0.2, -0.15) is 0 Å². The van der Waals surface area contributed by atoms with E-state index in [0.29, 0.717) is 5.30 Å². The first-order chi connectivity index (χ1) is 9.38. The van der Waals surface area contributed by atoms with Gasteiger partial charge in [0, 0.05) is 0 Å². The zero-order valence-corrected chi connectivity index (χ0v) is 16.4. The van der Waals surface area contributed by atoms with Crippen molar-refractivity contribution in [1.29, 1.82) is 0 Å². The van der Waals surface area contributed by atoms with Crippen molar-refractivity contribution in [3.8, 4) is 0 Å². The van der Waals surface area contributed by atoms with Gasteiger partial charge in [0.2, 0.25) is 0 Å². The van der Waals surface area contributed by atoms with E-state index in [4.69, 9.17) is 0 Å². The van der Waals surface area contributed by atoms with Gasteiger partial charge in [0.15, 0.2) is 0 Å². The maximum absolute atomic E-state index is 11.0. The Hall–Kier alpha value is -0.470. The summed E-state index contributed by atoms with van der Waals surface area (Å²) < 4.78 is 0. The Morgan fingerprint density at radius 3 is 1.50 bits per heavy atom. The Labute approximate surface area is 135 Å². The molecule has 0 unspecified atom stereocenters. The van der Waals surface area contributed by atoms with Crippen LogP contribution in [0.5, 0.6) is 0 Å². The van der Waals surface area contributed by atoms with E-state index in [9.17, 15) is 14.7 Å². The van der Waals surface area contributed by atoms with Crippen LogP contribution < -0.4 is 5.30 Å². The molecule has 0 aromatic heterocycles. The molecule has 0 saturated carbocycles. The van der Waals surface area contributed by atoms with Crippen molar-refractivity contribution in [2.75, 3.05) is 0 Å². The third kappa shape index (κ3) is 3.23. The molecule has 0 amide bonds. The van der Waals surface area contributed by atoms with Crippen LogP contribution in [-0.4, -0.2) is 19.8 Å². The molecule has 4 heteroatoms. The summed E-state index contributed by atoms with van der Waals surface area (Å²) in [7, 11) is -5.04. The van der Waals surface area contributed by atoms with Crippen molar-refractivity contribution in [1.82, 2.24) is 0 Å². The Balaban J connectivity index is 3.95. The van der Waals surface area contributed by atoms with Gasteiger partial charge < -0.3 is 0 Å². The monoisotopic (exact) mass is 328 g/mol. The van der Waals surface area contributed by atoms with Gasteiger partial charge in [0.1, 0.15) is 0 Å². The van der Waals surface area contributed by atoms with E-state index < -0.39 is 12.4 Å². The Morgan fingerprint density at radius 2 is 1.18 bits per heavy atom. The van der Waals surface area contributed by atoms with Crippen LogP contribution in [0.3, 0.4) is 0 Å². The van der Waals surface area contributed by atoms with E-state index in [0.717, 1.165) is 11.1 Å². The zero-order chi connectivity index (χ0) is 17.8. The quantitative estimate of drug-likeness (QED) is 0.683. The average molecular weight is 328 g/mol. The summed E-state index contributed by atoms with van der Waals surface area (Å²) in [5, 5.41) is -0.749. The summed E-state index contributed by atoms with van der Waals surface area (Å²) in [6, 6.07) is 5.49. The second kappa shape index (κ2) is 5.01. The molecule has 0 aliphatic rings. The van der Waals surface area contributed by atoms with Gasteiger partial charge in [-0.3, -0.25) is 0 Å². The summed E-state index contributed by atoms with van der Waals surface area (Å²) in [6.45, 7) is 17.4. The summed E-state index contributed by atoms with van der Waals surface area (Å²) in [6.07, 6.45) is 0. The molecular formula is C18H33O3P. The van der Waals surface area contributed by atoms with E-state index in [1.165, 1.54) is 0 Å². The van der Waals surface area contributed by atoms with E-state index in [1.807, 2.05) is 26.8 Å². The van der Waals surface area contributed by atoms with Gasteiger partial charge in [-0.05, 0) is 0 Å². The average Bonchev–Trinajstić information content (AvgIpc) is 2.23. The van der Waals surface area contributed by atoms with E-state index in [-0.39, 0.29) is 10.8 Å². The van der Waals surface area contributed by atoms with Gasteiger partial charge in [0.05, 0.1) is 0 Å². The zero-order valence-electron chi connectivity index (χ0n) is 15.5. The standard InChI is InChI=1S/C18H33O3P/c1-16(2,3)13-11-10-12-14(15(13)17(4,5)6)22(19,20,21)18(7,8)9/h10-12,19-21H,1-9H3. The molecular weight excluding hydrogens is 295 g/mol. The molecule has 0 fully saturated rings. The van der Waals surface area contributed by atoms with Crippen LogP contribution in [0.1, 0.15) is 73.4 Å². The molecule has 3 nitrogen and oxygen atoms in total. The molecule has 0 atom stereocenters. The van der Waals surface area contributed by atoms with E-state index in [2.05, 4.69) is 20.8 Å². The molecule has 0 spiro atoms. The molecule has 3 N–H and O–H groups in total. The molecule has 128 valence electrons. The third-order valence-electron chi connectivity index (χ3n) is 4.28. The minimum atomic E-state index is -5.04.